The highest BCUT2D eigenvalue weighted by molar-refractivity contribution is 5.85. The first-order valence-corrected chi connectivity index (χ1v) is 16.4. The van der Waals surface area contributed by atoms with Gasteiger partial charge in [0.25, 0.3) is 0 Å². The van der Waals surface area contributed by atoms with Crippen LogP contribution in [0.1, 0.15) is 63.0 Å². The van der Waals surface area contributed by atoms with E-state index in [0.29, 0.717) is 11.6 Å². The Bertz CT molecular complexity index is 1810. The lowest BCUT2D eigenvalue weighted by Gasteiger charge is -2.27. The molecular weight excluding hydrogens is 624 g/mol. The zero-order valence-corrected chi connectivity index (χ0v) is 26.2. The van der Waals surface area contributed by atoms with Crippen molar-refractivity contribution in [2.75, 3.05) is 0 Å². The number of hydrogen-bond donors (Lipinski definition) is 4. The molecular formula is C36H36F4N6O2. The number of benzene rings is 3. The average Bonchev–Trinajstić information content (AvgIpc) is 3.69. The molecule has 0 unspecified atom stereocenters. The number of rotatable bonds is 8. The number of carbonyl (C=O) groups is 2. The molecule has 3 aromatic carbocycles. The lowest BCUT2D eigenvalue weighted by Crippen LogP contribution is -2.35. The fourth-order valence-corrected chi connectivity index (χ4v) is 6.74. The number of H-pyrrole nitrogens is 2. The summed E-state index contributed by atoms with van der Waals surface area (Å²) >= 11 is 0. The Morgan fingerprint density at radius 1 is 0.604 bits per heavy atom. The van der Waals surface area contributed by atoms with Gasteiger partial charge in [-0.05, 0) is 72.2 Å². The highest BCUT2D eigenvalue weighted by Crippen LogP contribution is 2.37. The molecule has 2 fully saturated rings. The number of halogens is 4. The summed E-state index contributed by atoms with van der Waals surface area (Å²) in [6, 6.07) is 20.0. The van der Waals surface area contributed by atoms with Crippen LogP contribution in [0, 0.1) is 11.8 Å². The fourth-order valence-electron chi connectivity index (χ4n) is 6.74. The van der Waals surface area contributed by atoms with Gasteiger partial charge in [0.15, 0.2) is 0 Å². The Morgan fingerprint density at radius 2 is 0.958 bits per heavy atom. The minimum Gasteiger partial charge on any atom is -0.349 e. The summed E-state index contributed by atoms with van der Waals surface area (Å²) in [7, 11) is 0. The number of aromatic nitrogens is 4. The molecule has 0 aliphatic heterocycles. The van der Waals surface area contributed by atoms with Gasteiger partial charge < -0.3 is 20.6 Å². The molecule has 0 atom stereocenters. The summed E-state index contributed by atoms with van der Waals surface area (Å²) < 4.78 is 53.8. The molecule has 2 aromatic heterocycles. The number of aromatic amines is 2. The van der Waals surface area contributed by atoms with Crippen LogP contribution in [0.25, 0.3) is 44.3 Å². The highest BCUT2D eigenvalue weighted by atomic mass is 19.3. The van der Waals surface area contributed by atoms with E-state index in [1.165, 1.54) is 0 Å². The van der Waals surface area contributed by atoms with Crippen LogP contribution >= 0.6 is 0 Å². The van der Waals surface area contributed by atoms with E-state index < -0.39 is 23.7 Å². The molecule has 2 saturated carbocycles. The van der Waals surface area contributed by atoms with Crippen LogP contribution in [0.2, 0.25) is 0 Å². The standard InChI is InChI=1S/C36H36F4N6O2/c37-35(38)13-9-23(10-14-35)33(47)41-19-31-43-27-7-5-25(17-29(27)45-31)21-1-2-22(4-3-21)26-6-8-28-30(18-26)46-32(44-28)20-42-34(48)24-11-15-36(39,40)16-12-24/h1-8,17-18,23-24H,9-16,19-20H2,(H,41,47)(H,42,48)(H,43,45)(H,44,46). The van der Waals surface area contributed by atoms with Gasteiger partial charge in [-0.2, -0.15) is 0 Å². The van der Waals surface area contributed by atoms with Crippen LogP contribution in [-0.4, -0.2) is 43.6 Å². The van der Waals surface area contributed by atoms with Gasteiger partial charge >= 0.3 is 0 Å². The number of hydrogen-bond acceptors (Lipinski definition) is 4. The van der Waals surface area contributed by atoms with E-state index in [9.17, 15) is 27.2 Å². The maximum absolute atomic E-state index is 13.4. The van der Waals surface area contributed by atoms with Crippen LogP contribution in [0.15, 0.2) is 60.7 Å². The van der Waals surface area contributed by atoms with Crippen LogP contribution in [0.4, 0.5) is 17.6 Å². The summed E-state index contributed by atoms with van der Waals surface area (Å²) in [6.45, 7) is 0.400. The Kier molecular flexibility index (Phi) is 8.43. The average molecular weight is 661 g/mol. The Labute approximate surface area is 274 Å². The summed E-state index contributed by atoms with van der Waals surface area (Å²) in [4.78, 5) is 40.7. The van der Waals surface area contributed by atoms with Gasteiger partial charge in [-0.15, -0.1) is 0 Å². The number of nitrogens with zero attached hydrogens (tertiary/aromatic N) is 2. The van der Waals surface area contributed by atoms with Gasteiger partial charge in [0, 0.05) is 37.5 Å². The molecule has 2 aliphatic carbocycles. The summed E-state index contributed by atoms with van der Waals surface area (Å²) in [5.41, 5.74) is 7.21. The number of imidazole rings is 2. The van der Waals surface area contributed by atoms with Crippen molar-refractivity contribution in [2.24, 2.45) is 11.8 Å². The predicted molar refractivity (Wildman–Crippen MR) is 174 cm³/mol. The van der Waals surface area contributed by atoms with Crippen molar-refractivity contribution in [3.05, 3.63) is 72.3 Å². The minimum atomic E-state index is -2.67. The Balaban J connectivity index is 0.967. The molecule has 0 radical (unpaired) electrons. The van der Waals surface area contributed by atoms with Crippen molar-refractivity contribution in [2.45, 2.75) is 76.3 Å². The van der Waals surface area contributed by atoms with Crippen LogP contribution in [-0.2, 0) is 22.7 Å². The van der Waals surface area contributed by atoms with E-state index in [-0.39, 0.29) is 76.3 Å². The molecule has 0 spiro atoms. The summed E-state index contributed by atoms with van der Waals surface area (Å²) in [5, 5.41) is 5.68. The van der Waals surface area contributed by atoms with E-state index >= 15 is 0 Å². The van der Waals surface area contributed by atoms with Gasteiger partial charge in [0.1, 0.15) is 11.6 Å². The van der Waals surface area contributed by atoms with E-state index in [4.69, 9.17) is 0 Å². The van der Waals surface area contributed by atoms with Crippen molar-refractivity contribution in [3.8, 4) is 22.3 Å². The smallest absolute Gasteiger partial charge is 0.248 e. The summed E-state index contributed by atoms with van der Waals surface area (Å²) in [6.07, 6.45) is -0.234. The summed E-state index contributed by atoms with van der Waals surface area (Å²) in [5.74, 6) is -5.34. The molecule has 0 bridgehead atoms. The van der Waals surface area contributed by atoms with Crippen molar-refractivity contribution >= 4 is 33.9 Å². The van der Waals surface area contributed by atoms with E-state index in [1.54, 1.807) is 0 Å². The topological polar surface area (TPSA) is 116 Å². The third kappa shape index (κ3) is 7.07. The molecule has 12 heteroatoms. The number of nitrogens with one attached hydrogen (secondary N) is 4. The number of carbonyl (C=O) groups excluding carboxylic acids is 2. The molecule has 5 aromatic rings. The lowest BCUT2D eigenvalue weighted by atomic mass is 9.86. The first-order chi connectivity index (χ1) is 23.0. The third-order valence-corrected chi connectivity index (χ3v) is 9.65. The van der Waals surface area contributed by atoms with Gasteiger partial charge in [-0.3, -0.25) is 9.59 Å². The second-order valence-corrected chi connectivity index (χ2v) is 13.1. The van der Waals surface area contributed by atoms with E-state index in [2.05, 4.69) is 30.6 Å². The SMILES string of the molecule is O=C(NCc1nc2ccc(-c3ccc(-c4ccc5nc(CNC(=O)C6CCC(F)(F)CC6)[nH]c5c4)cc3)cc2[nH]1)C1CCC(F)(F)CC1. The van der Waals surface area contributed by atoms with Crippen LogP contribution < -0.4 is 10.6 Å². The molecule has 2 heterocycles. The van der Waals surface area contributed by atoms with Crippen LogP contribution in [0.5, 0.6) is 0 Å². The van der Waals surface area contributed by atoms with Gasteiger partial charge in [0.05, 0.1) is 35.2 Å². The molecule has 0 saturated heterocycles. The Hall–Kier alpha value is -4.74. The fraction of sp³-hybridized carbons (Fsp3) is 0.389. The first kappa shape index (κ1) is 31.8. The van der Waals surface area contributed by atoms with Crippen molar-refractivity contribution in [1.82, 2.24) is 30.6 Å². The quantitative estimate of drug-likeness (QED) is 0.128. The van der Waals surface area contributed by atoms with E-state index in [0.717, 1.165) is 44.3 Å². The normalized spacial score (nSPS) is 18.2. The monoisotopic (exact) mass is 660 g/mol. The second kappa shape index (κ2) is 12.7. The lowest BCUT2D eigenvalue weighted by molar-refractivity contribution is -0.130. The third-order valence-electron chi connectivity index (χ3n) is 9.65. The molecule has 2 amide bonds. The van der Waals surface area contributed by atoms with Gasteiger partial charge in [-0.25, -0.2) is 27.5 Å². The van der Waals surface area contributed by atoms with Crippen molar-refractivity contribution < 1.29 is 27.2 Å². The molecule has 8 nitrogen and oxygen atoms in total. The molecule has 4 N–H and O–H groups in total. The zero-order valence-electron chi connectivity index (χ0n) is 26.2. The maximum Gasteiger partial charge on any atom is 0.248 e. The first-order valence-electron chi connectivity index (χ1n) is 16.4. The molecule has 250 valence electrons. The maximum atomic E-state index is 13.4. The highest BCUT2D eigenvalue weighted by Gasteiger charge is 2.38. The molecule has 2 aliphatic rings. The number of amides is 2. The van der Waals surface area contributed by atoms with Crippen molar-refractivity contribution in [3.63, 3.8) is 0 Å². The van der Waals surface area contributed by atoms with Gasteiger partial charge in [-0.1, -0.05) is 36.4 Å². The van der Waals surface area contributed by atoms with Crippen LogP contribution in [0.3, 0.4) is 0 Å². The minimum absolute atomic E-state index is 0.192. The largest absolute Gasteiger partial charge is 0.349 e. The molecule has 48 heavy (non-hydrogen) atoms. The Morgan fingerprint density at radius 3 is 1.33 bits per heavy atom. The predicted octanol–water partition coefficient (Wildman–Crippen LogP) is 7.66. The second-order valence-electron chi connectivity index (χ2n) is 13.1. The van der Waals surface area contributed by atoms with E-state index in [1.807, 2.05) is 60.7 Å². The zero-order chi connectivity index (χ0) is 33.5. The number of alkyl halides is 4. The number of fused-ring (bicyclic) bond motifs is 2. The molecule has 7 rings (SSSR count). The van der Waals surface area contributed by atoms with Crippen molar-refractivity contribution in [1.29, 1.82) is 0 Å². The van der Waals surface area contributed by atoms with Gasteiger partial charge in [0.2, 0.25) is 23.7 Å².